The van der Waals surface area contributed by atoms with Crippen molar-refractivity contribution in [1.82, 2.24) is 0 Å². The molecular weight excluding hydrogens is 362 g/mol. The van der Waals surface area contributed by atoms with Gasteiger partial charge in [-0.05, 0) is 69.8 Å². The van der Waals surface area contributed by atoms with Gasteiger partial charge in [-0.25, -0.2) is 0 Å². The van der Waals surface area contributed by atoms with Gasteiger partial charge >= 0.3 is 0 Å². The SMILES string of the molecule is C[C@H](CCCc1ccccc1)Oc1cc(O)c2c(c1)N[C@@H](C)[C@@H]1CC[C@@H](O)C[C@@H]21. The predicted molar refractivity (Wildman–Crippen MR) is 117 cm³/mol. The number of benzene rings is 2. The van der Waals surface area contributed by atoms with Gasteiger partial charge in [0.25, 0.3) is 0 Å². The van der Waals surface area contributed by atoms with Crippen LogP contribution in [0.15, 0.2) is 42.5 Å². The number of phenols is 1. The van der Waals surface area contributed by atoms with Crippen LogP contribution in [0.2, 0.25) is 0 Å². The molecule has 156 valence electrons. The Morgan fingerprint density at radius 3 is 2.76 bits per heavy atom. The lowest BCUT2D eigenvalue weighted by Gasteiger charge is -2.43. The van der Waals surface area contributed by atoms with Crippen molar-refractivity contribution < 1.29 is 14.9 Å². The van der Waals surface area contributed by atoms with Gasteiger partial charge in [-0.15, -0.1) is 0 Å². The Morgan fingerprint density at radius 1 is 1.17 bits per heavy atom. The summed E-state index contributed by atoms with van der Waals surface area (Å²) in [5, 5.41) is 24.5. The van der Waals surface area contributed by atoms with E-state index >= 15 is 0 Å². The van der Waals surface area contributed by atoms with Crippen LogP contribution in [0.25, 0.3) is 0 Å². The molecule has 29 heavy (non-hydrogen) atoms. The molecule has 0 aromatic heterocycles. The van der Waals surface area contributed by atoms with Crippen LogP contribution in [0, 0.1) is 5.92 Å². The summed E-state index contributed by atoms with van der Waals surface area (Å²) in [6, 6.07) is 14.6. The van der Waals surface area contributed by atoms with Gasteiger partial charge in [0.05, 0.1) is 12.2 Å². The monoisotopic (exact) mass is 395 g/mol. The van der Waals surface area contributed by atoms with Crippen LogP contribution in [-0.2, 0) is 6.42 Å². The first-order valence-electron chi connectivity index (χ1n) is 11.0. The van der Waals surface area contributed by atoms with E-state index in [0.29, 0.717) is 17.7 Å². The zero-order valence-electron chi connectivity index (χ0n) is 17.5. The topological polar surface area (TPSA) is 61.7 Å². The maximum atomic E-state index is 10.8. The van der Waals surface area contributed by atoms with E-state index in [0.717, 1.165) is 49.8 Å². The van der Waals surface area contributed by atoms with E-state index in [1.54, 1.807) is 6.07 Å². The van der Waals surface area contributed by atoms with Gasteiger partial charge in [0.1, 0.15) is 11.5 Å². The third-order valence-corrected chi connectivity index (χ3v) is 6.66. The lowest BCUT2D eigenvalue weighted by atomic mass is 9.68. The van der Waals surface area contributed by atoms with Gasteiger partial charge in [0, 0.05) is 29.4 Å². The molecule has 3 N–H and O–H groups in total. The minimum absolute atomic E-state index is 0.0847. The summed E-state index contributed by atoms with van der Waals surface area (Å²) < 4.78 is 6.14. The van der Waals surface area contributed by atoms with Crippen molar-refractivity contribution in [2.24, 2.45) is 5.92 Å². The predicted octanol–water partition coefficient (Wildman–Crippen LogP) is 5.24. The summed E-state index contributed by atoms with van der Waals surface area (Å²) in [6.45, 7) is 4.29. The number of aliphatic hydroxyl groups is 1. The number of nitrogens with one attached hydrogen (secondary N) is 1. The zero-order chi connectivity index (χ0) is 20.4. The van der Waals surface area contributed by atoms with Crippen molar-refractivity contribution in [3.05, 3.63) is 53.6 Å². The number of rotatable bonds is 6. The molecule has 2 aromatic carbocycles. The summed E-state index contributed by atoms with van der Waals surface area (Å²) in [5.74, 6) is 1.67. The van der Waals surface area contributed by atoms with E-state index in [1.165, 1.54) is 5.56 Å². The van der Waals surface area contributed by atoms with E-state index in [4.69, 9.17) is 4.74 Å². The minimum Gasteiger partial charge on any atom is -0.507 e. The second kappa shape index (κ2) is 8.66. The molecule has 0 amide bonds. The lowest BCUT2D eigenvalue weighted by Crippen LogP contribution is -2.40. The van der Waals surface area contributed by atoms with Crippen molar-refractivity contribution in [2.75, 3.05) is 5.32 Å². The Bertz CT molecular complexity index is 822. The smallest absolute Gasteiger partial charge is 0.125 e. The maximum Gasteiger partial charge on any atom is 0.125 e. The van der Waals surface area contributed by atoms with Crippen LogP contribution in [0.4, 0.5) is 5.69 Å². The van der Waals surface area contributed by atoms with E-state index in [2.05, 4.69) is 43.4 Å². The largest absolute Gasteiger partial charge is 0.507 e. The van der Waals surface area contributed by atoms with E-state index in [1.807, 2.05) is 12.1 Å². The van der Waals surface area contributed by atoms with Crippen LogP contribution in [0.1, 0.15) is 63.0 Å². The molecule has 0 spiro atoms. The number of hydrogen-bond donors (Lipinski definition) is 3. The molecule has 1 aliphatic heterocycles. The number of ether oxygens (including phenoxy) is 1. The summed E-state index contributed by atoms with van der Waals surface area (Å²) in [7, 11) is 0. The zero-order valence-corrected chi connectivity index (χ0v) is 17.5. The summed E-state index contributed by atoms with van der Waals surface area (Å²) in [4.78, 5) is 0. The second-order valence-corrected chi connectivity index (χ2v) is 8.88. The van der Waals surface area contributed by atoms with Crippen molar-refractivity contribution in [2.45, 2.75) is 76.5 Å². The second-order valence-electron chi connectivity index (χ2n) is 8.88. The molecule has 5 atom stereocenters. The highest BCUT2D eigenvalue weighted by Crippen LogP contribution is 2.50. The highest BCUT2D eigenvalue weighted by atomic mass is 16.5. The lowest BCUT2D eigenvalue weighted by molar-refractivity contribution is 0.0866. The summed E-state index contributed by atoms with van der Waals surface area (Å²) >= 11 is 0. The number of hydrogen-bond acceptors (Lipinski definition) is 4. The van der Waals surface area contributed by atoms with Crippen LogP contribution in [0.3, 0.4) is 0 Å². The minimum atomic E-state index is -0.269. The fraction of sp³-hybridized carbons (Fsp3) is 0.520. The molecule has 1 saturated carbocycles. The Balaban J connectivity index is 1.42. The van der Waals surface area contributed by atoms with Crippen molar-refractivity contribution in [3.63, 3.8) is 0 Å². The fourth-order valence-corrected chi connectivity index (χ4v) is 5.17. The molecule has 0 bridgehead atoms. The average Bonchev–Trinajstić information content (AvgIpc) is 2.68. The number of anilines is 1. The van der Waals surface area contributed by atoms with Gasteiger partial charge in [0.15, 0.2) is 0 Å². The highest BCUT2D eigenvalue weighted by Gasteiger charge is 2.40. The van der Waals surface area contributed by atoms with Crippen molar-refractivity contribution in [1.29, 1.82) is 0 Å². The van der Waals surface area contributed by atoms with Gasteiger partial charge in [-0.2, -0.15) is 0 Å². The van der Waals surface area contributed by atoms with Gasteiger partial charge in [-0.1, -0.05) is 30.3 Å². The molecular formula is C25H33NO3. The number of aryl methyl sites for hydroxylation is 1. The molecule has 1 aliphatic carbocycles. The van der Waals surface area contributed by atoms with Crippen LogP contribution < -0.4 is 10.1 Å². The Kier molecular flexibility index (Phi) is 6.00. The van der Waals surface area contributed by atoms with Crippen LogP contribution in [-0.4, -0.2) is 28.5 Å². The number of fused-ring (bicyclic) bond motifs is 3. The van der Waals surface area contributed by atoms with E-state index in [-0.39, 0.29) is 23.9 Å². The summed E-state index contributed by atoms with van der Waals surface area (Å²) in [5.41, 5.74) is 3.27. The third-order valence-electron chi connectivity index (χ3n) is 6.66. The molecule has 1 fully saturated rings. The fourth-order valence-electron chi connectivity index (χ4n) is 5.17. The van der Waals surface area contributed by atoms with Gasteiger partial charge in [0.2, 0.25) is 0 Å². The third kappa shape index (κ3) is 4.53. The van der Waals surface area contributed by atoms with Crippen LogP contribution >= 0.6 is 0 Å². The first-order chi connectivity index (χ1) is 14.0. The molecule has 1 heterocycles. The maximum absolute atomic E-state index is 10.8. The van der Waals surface area contributed by atoms with E-state index in [9.17, 15) is 10.2 Å². The van der Waals surface area contributed by atoms with Crippen LogP contribution in [0.5, 0.6) is 11.5 Å². The molecule has 4 nitrogen and oxygen atoms in total. The normalized spacial score (nSPS) is 26.7. The standard InChI is InChI=1S/C25H33NO3/c1-16(7-6-10-18-8-4-3-5-9-18)29-20-14-23-25(24(28)15-20)22-13-19(27)11-12-21(22)17(2)26-23/h3-5,8-9,14-17,19,21-22,26-28H,6-7,10-13H2,1-2H3/t16-,17+,19-,21+,22-/m1/s1. The Hall–Kier alpha value is -2.20. The average molecular weight is 396 g/mol. The van der Waals surface area contributed by atoms with Crippen molar-refractivity contribution in [3.8, 4) is 11.5 Å². The Morgan fingerprint density at radius 2 is 1.97 bits per heavy atom. The molecule has 0 radical (unpaired) electrons. The van der Waals surface area contributed by atoms with E-state index < -0.39 is 0 Å². The molecule has 2 aromatic rings. The first kappa shape index (κ1) is 20.1. The highest BCUT2D eigenvalue weighted by molar-refractivity contribution is 5.65. The molecule has 4 heteroatoms. The van der Waals surface area contributed by atoms with Gasteiger partial charge < -0.3 is 20.3 Å². The number of aliphatic hydroxyl groups excluding tert-OH is 1. The molecule has 0 unspecified atom stereocenters. The number of phenolic OH excluding ortho intramolecular Hbond substituents is 1. The van der Waals surface area contributed by atoms with Gasteiger partial charge in [-0.3, -0.25) is 0 Å². The number of aromatic hydroxyl groups is 1. The molecule has 0 saturated heterocycles. The molecule has 2 aliphatic rings. The summed E-state index contributed by atoms with van der Waals surface area (Å²) in [6.07, 6.45) is 5.48. The Labute approximate surface area is 173 Å². The van der Waals surface area contributed by atoms with Crippen molar-refractivity contribution >= 4 is 5.69 Å². The molecule has 4 rings (SSSR count). The first-order valence-corrected chi connectivity index (χ1v) is 11.0. The quantitative estimate of drug-likeness (QED) is 0.626.